The molecule has 1 fully saturated rings. The molecule has 1 saturated heterocycles. The summed E-state index contributed by atoms with van der Waals surface area (Å²) in [5.41, 5.74) is 0. The zero-order valence-corrected chi connectivity index (χ0v) is 18.1. The van der Waals surface area contributed by atoms with Crippen LogP contribution in [0.4, 0.5) is 0 Å². The Bertz CT molecular complexity index is 611. The van der Waals surface area contributed by atoms with Crippen molar-refractivity contribution in [1.29, 1.82) is 0 Å². The summed E-state index contributed by atoms with van der Waals surface area (Å²) >= 11 is 5.25. The smallest absolute Gasteiger partial charge is 0.308 e. The van der Waals surface area contributed by atoms with Crippen LogP contribution in [0.5, 0.6) is 0 Å². The third kappa shape index (κ3) is 9.69. The summed E-state index contributed by atoms with van der Waals surface area (Å²) in [6.07, 6.45) is 1.15. The van der Waals surface area contributed by atoms with E-state index in [4.69, 9.17) is 21.7 Å². The van der Waals surface area contributed by atoms with Crippen LogP contribution in [0.15, 0.2) is 0 Å². The molecule has 9 nitrogen and oxygen atoms in total. The summed E-state index contributed by atoms with van der Waals surface area (Å²) in [6, 6.07) is -0.849. The molecule has 0 aromatic heterocycles. The van der Waals surface area contributed by atoms with Crippen LogP contribution >= 0.6 is 12.2 Å². The Balaban J connectivity index is 2.55. The van der Waals surface area contributed by atoms with Crippen molar-refractivity contribution in [3.05, 3.63) is 0 Å². The van der Waals surface area contributed by atoms with E-state index in [0.29, 0.717) is 38.6 Å². The van der Waals surface area contributed by atoms with E-state index in [2.05, 4.69) is 10.6 Å². The van der Waals surface area contributed by atoms with Crippen LogP contribution in [0, 0.1) is 5.92 Å². The number of esters is 2. The van der Waals surface area contributed by atoms with E-state index >= 15 is 0 Å². The first-order chi connectivity index (χ1) is 13.7. The summed E-state index contributed by atoms with van der Waals surface area (Å²) in [5.74, 6) is -1.35. The Morgan fingerprint density at radius 1 is 1.21 bits per heavy atom. The molecule has 1 atom stereocenters. The second-order valence-corrected chi connectivity index (χ2v) is 7.57. The lowest BCUT2D eigenvalue weighted by Crippen LogP contribution is -2.60. The zero-order chi connectivity index (χ0) is 21.8. The molecule has 0 radical (unpaired) electrons. The Morgan fingerprint density at radius 3 is 2.55 bits per heavy atom. The Hall–Kier alpha value is -2.23. The highest BCUT2D eigenvalue weighted by Crippen LogP contribution is 2.11. The topological polar surface area (TPSA) is 114 Å². The van der Waals surface area contributed by atoms with Gasteiger partial charge in [0.2, 0.25) is 11.8 Å². The second-order valence-electron chi connectivity index (χ2n) is 7.18. The number of nitrogens with one attached hydrogen (secondary N) is 2. The average molecular weight is 430 g/mol. The molecule has 0 spiro atoms. The zero-order valence-electron chi connectivity index (χ0n) is 17.3. The number of carbonyl (C=O) groups is 4. The molecule has 2 amide bonds. The van der Waals surface area contributed by atoms with Gasteiger partial charge in [0, 0.05) is 19.5 Å². The van der Waals surface area contributed by atoms with Gasteiger partial charge in [-0.25, -0.2) is 0 Å². The predicted octanol–water partition coefficient (Wildman–Crippen LogP) is 0.901. The second kappa shape index (κ2) is 13.1. The van der Waals surface area contributed by atoms with Crippen molar-refractivity contribution in [1.82, 2.24) is 15.5 Å². The maximum Gasteiger partial charge on any atom is 0.308 e. The van der Waals surface area contributed by atoms with Gasteiger partial charge in [0.25, 0.3) is 0 Å². The van der Waals surface area contributed by atoms with Gasteiger partial charge in [0.1, 0.15) is 6.04 Å². The van der Waals surface area contributed by atoms with Crippen LogP contribution in [-0.2, 0) is 28.7 Å². The van der Waals surface area contributed by atoms with E-state index in [9.17, 15) is 19.2 Å². The fourth-order valence-corrected chi connectivity index (χ4v) is 2.88. The van der Waals surface area contributed by atoms with Crippen LogP contribution in [0.3, 0.4) is 0 Å². The standard InChI is InChI=1S/C19H31N3O6S/c1-4-10-27-16(24)6-5-15(23)21-19(29)22-9-8-20-18(26)14(22)12-17(25)28-11-7-13(2)3/h13-14H,4-12H2,1-3H3,(H,20,26)(H,21,23,29). The lowest BCUT2D eigenvalue weighted by Gasteiger charge is -2.36. The van der Waals surface area contributed by atoms with Crippen molar-refractivity contribution in [2.24, 2.45) is 5.92 Å². The third-order valence-electron chi connectivity index (χ3n) is 4.18. The first-order valence-electron chi connectivity index (χ1n) is 9.94. The van der Waals surface area contributed by atoms with Gasteiger partial charge in [-0.05, 0) is 31.0 Å². The molecular weight excluding hydrogens is 398 g/mol. The Kier molecular flexibility index (Phi) is 11.2. The summed E-state index contributed by atoms with van der Waals surface area (Å²) in [7, 11) is 0. The minimum absolute atomic E-state index is 0.0479. The number of carbonyl (C=O) groups excluding carboxylic acids is 4. The van der Waals surface area contributed by atoms with Crippen LogP contribution in [0.2, 0.25) is 0 Å². The van der Waals surface area contributed by atoms with Gasteiger partial charge < -0.3 is 25.0 Å². The van der Waals surface area contributed by atoms with Crippen LogP contribution in [-0.4, -0.2) is 66.1 Å². The maximum absolute atomic E-state index is 12.2. The average Bonchev–Trinajstić information content (AvgIpc) is 2.65. The molecule has 0 saturated carbocycles. The molecule has 10 heteroatoms. The minimum atomic E-state index is -0.849. The van der Waals surface area contributed by atoms with Gasteiger partial charge in [-0.2, -0.15) is 0 Å². The normalized spacial score (nSPS) is 16.2. The monoisotopic (exact) mass is 429 g/mol. The molecule has 2 N–H and O–H groups in total. The summed E-state index contributed by atoms with van der Waals surface area (Å²) in [5, 5.41) is 5.26. The molecule has 164 valence electrons. The molecule has 0 aromatic rings. The van der Waals surface area contributed by atoms with E-state index in [1.165, 1.54) is 4.90 Å². The molecule has 1 aliphatic heterocycles. The number of nitrogens with zero attached hydrogens (tertiary/aromatic N) is 1. The van der Waals surface area contributed by atoms with Crippen molar-refractivity contribution in [3.63, 3.8) is 0 Å². The van der Waals surface area contributed by atoms with Gasteiger partial charge in [-0.3, -0.25) is 19.2 Å². The summed E-state index contributed by atoms with van der Waals surface area (Å²) < 4.78 is 10.1. The summed E-state index contributed by atoms with van der Waals surface area (Å²) in [6.45, 7) is 7.23. The Morgan fingerprint density at radius 2 is 1.90 bits per heavy atom. The van der Waals surface area contributed by atoms with Gasteiger partial charge in [-0.15, -0.1) is 0 Å². The number of thiocarbonyl (C=S) groups is 1. The van der Waals surface area contributed by atoms with Gasteiger partial charge in [-0.1, -0.05) is 20.8 Å². The van der Waals surface area contributed by atoms with E-state index < -0.39 is 23.9 Å². The molecule has 0 aromatic carbocycles. The largest absolute Gasteiger partial charge is 0.466 e. The molecular formula is C19H31N3O6S. The fourth-order valence-electron chi connectivity index (χ4n) is 2.54. The quantitative estimate of drug-likeness (QED) is 0.389. The van der Waals surface area contributed by atoms with E-state index in [1.54, 1.807) is 0 Å². The molecule has 0 bridgehead atoms. The number of hydrogen-bond acceptors (Lipinski definition) is 7. The Labute approximate surface area is 176 Å². The maximum atomic E-state index is 12.2. The van der Waals surface area contributed by atoms with Gasteiger partial charge in [0.05, 0.1) is 26.1 Å². The molecule has 1 unspecified atom stereocenters. The minimum Gasteiger partial charge on any atom is -0.466 e. The highest BCUT2D eigenvalue weighted by Gasteiger charge is 2.34. The van der Waals surface area contributed by atoms with Gasteiger partial charge >= 0.3 is 11.9 Å². The first kappa shape index (κ1) is 24.8. The van der Waals surface area contributed by atoms with E-state index in [0.717, 1.165) is 6.42 Å². The molecule has 0 aliphatic carbocycles. The third-order valence-corrected chi connectivity index (χ3v) is 4.52. The fraction of sp³-hybridized carbons (Fsp3) is 0.737. The van der Waals surface area contributed by atoms with Crippen LogP contribution in [0.25, 0.3) is 0 Å². The van der Waals surface area contributed by atoms with E-state index in [1.807, 2.05) is 20.8 Å². The van der Waals surface area contributed by atoms with Crippen molar-refractivity contribution >= 4 is 41.1 Å². The molecule has 1 heterocycles. The van der Waals surface area contributed by atoms with Crippen molar-refractivity contribution in [3.8, 4) is 0 Å². The lowest BCUT2D eigenvalue weighted by atomic mass is 10.1. The number of piperazine rings is 1. The van der Waals surface area contributed by atoms with Gasteiger partial charge in [0.15, 0.2) is 5.11 Å². The molecule has 1 rings (SSSR count). The molecule has 29 heavy (non-hydrogen) atoms. The lowest BCUT2D eigenvalue weighted by molar-refractivity contribution is -0.147. The van der Waals surface area contributed by atoms with Crippen LogP contribution in [0.1, 0.15) is 52.9 Å². The first-order valence-corrected chi connectivity index (χ1v) is 10.3. The van der Waals surface area contributed by atoms with Crippen molar-refractivity contribution in [2.45, 2.75) is 58.9 Å². The SMILES string of the molecule is CCCOC(=O)CCC(=O)NC(=S)N1CCNC(=O)C1CC(=O)OCCC(C)C. The highest BCUT2D eigenvalue weighted by atomic mass is 32.1. The van der Waals surface area contributed by atoms with Crippen molar-refractivity contribution < 1.29 is 28.7 Å². The number of hydrogen-bond donors (Lipinski definition) is 2. The number of rotatable bonds is 10. The van der Waals surface area contributed by atoms with E-state index in [-0.39, 0.29) is 30.3 Å². The molecule has 1 aliphatic rings. The predicted molar refractivity (Wildman–Crippen MR) is 110 cm³/mol. The number of amides is 2. The van der Waals surface area contributed by atoms with Crippen LogP contribution < -0.4 is 10.6 Å². The van der Waals surface area contributed by atoms with Crippen molar-refractivity contribution in [2.75, 3.05) is 26.3 Å². The number of ether oxygens (including phenoxy) is 2. The highest BCUT2D eigenvalue weighted by molar-refractivity contribution is 7.80. The summed E-state index contributed by atoms with van der Waals surface area (Å²) in [4.78, 5) is 49.4.